The molecule has 0 spiro atoms. The lowest BCUT2D eigenvalue weighted by Gasteiger charge is -2.13. The van der Waals surface area contributed by atoms with Crippen LogP contribution in [-0.2, 0) is 0 Å². The maximum Gasteiger partial charge on any atom is 0.215 e. The largest absolute Gasteiger partial charge is 0.493 e. The molecule has 50 valence electrons. The highest BCUT2D eigenvalue weighted by atomic mass is 19.2. The molecule has 0 saturated carbocycles. The Bertz CT molecular complexity index is 176. The summed E-state index contributed by atoms with van der Waals surface area (Å²) < 4.78 is 24.1. The maximum absolute atomic E-state index is 12.1. The second-order valence-corrected chi connectivity index (χ2v) is 1.66. The summed E-state index contributed by atoms with van der Waals surface area (Å²) in [6, 6.07) is 0. The van der Waals surface area contributed by atoms with Gasteiger partial charge in [0.25, 0.3) is 0 Å². The summed E-state index contributed by atoms with van der Waals surface area (Å²) in [6.45, 7) is -0.498. The zero-order valence-corrected chi connectivity index (χ0v) is 4.51. The Kier molecular flexibility index (Phi) is 1.38. The normalized spacial score (nSPS) is 19.1. The van der Waals surface area contributed by atoms with Gasteiger partial charge in [-0.2, -0.15) is 5.12 Å². The summed E-state index contributed by atoms with van der Waals surface area (Å²) in [4.78, 5) is 0. The first-order valence-electron chi connectivity index (χ1n) is 2.39. The van der Waals surface area contributed by atoms with Crippen molar-refractivity contribution in [3.8, 4) is 0 Å². The van der Waals surface area contributed by atoms with Crippen LogP contribution in [0.1, 0.15) is 0 Å². The van der Waals surface area contributed by atoms with Crippen molar-refractivity contribution in [1.29, 1.82) is 0 Å². The van der Waals surface area contributed by atoms with Gasteiger partial charge in [0, 0.05) is 6.08 Å². The summed E-state index contributed by atoms with van der Waals surface area (Å²) in [6.07, 6.45) is 1.98. The first-order valence-corrected chi connectivity index (χ1v) is 2.39. The van der Waals surface area contributed by atoms with Gasteiger partial charge in [-0.05, 0) is 6.08 Å². The molecule has 0 aliphatic carbocycles. The molecule has 4 heteroatoms. The van der Waals surface area contributed by atoms with E-state index in [4.69, 9.17) is 5.11 Å². The molecule has 0 radical (unpaired) electrons. The number of hydrogen-bond donors (Lipinski definition) is 1. The van der Waals surface area contributed by atoms with Crippen molar-refractivity contribution < 1.29 is 14.0 Å². The van der Waals surface area contributed by atoms with E-state index < -0.39 is 18.3 Å². The smallest absolute Gasteiger partial charge is 0.215 e. The molecule has 1 aliphatic heterocycles. The van der Waals surface area contributed by atoms with Crippen molar-refractivity contribution in [2.45, 2.75) is 0 Å². The first-order chi connectivity index (χ1) is 4.20. The van der Waals surface area contributed by atoms with E-state index in [2.05, 4.69) is 0 Å². The SMILES string of the molecule is OC1=CC=C(F)CN1F. The van der Waals surface area contributed by atoms with Crippen molar-refractivity contribution in [2.75, 3.05) is 6.54 Å². The number of halogens is 2. The Balaban J connectivity index is 2.74. The third kappa shape index (κ3) is 1.19. The lowest BCUT2D eigenvalue weighted by Crippen LogP contribution is -2.17. The van der Waals surface area contributed by atoms with E-state index in [1.54, 1.807) is 0 Å². The Labute approximate surface area is 50.6 Å². The number of allylic oxidation sites excluding steroid dienone is 2. The van der Waals surface area contributed by atoms with Crippen LogP contribution in [0, 0.1) is 0 Å². The monoisotopic (exact) mass is 133 g/mol. The molecule has 0 aromatic carbocycles. The van der Waals surface area contributed by atoms with E-state index in [-0.39, 0.29) is 5.12 Å². The van der Waals surface area contributed by atoms with E-state index in [9.17, 15) is 8.87 Å². The first kappa shape index (κ1) is 6.07. The van der Waals surface area contributed by atoms with Gasteiger partial charge in [-0.3, -0.25) is 0 Å². The number of aliphatic hydroxyl groups excluding tert-OH is 1. The molecule has 0 saturated heterocycles. The molecule has 9 heavy (non-hydrogen) atoms. The topological polar surface area (TPSA) is 23.5 Å². The van der Waals surface area contributed by atoms with Crippen LogP contribution in [0.25, 0.3) is 0 Å². The predicted molar refractivity (Wildman–Crippen MR) is 27.7 cm³/mol. The molecule has 1 aliphatic rings. The molecular formula is C5H5F2NO. The van der Waals surface area contributed by atoms with Crippen LogP contribution in [0.3, 0.4) is 0 Å². The van der Waals surface area contributed by atoms with Gasteiger partial charge in [0.05, 0.1) is 0 Å². The molecule has 0 aromatic heterocycles. The van der Waals surface area contributed by atoms with Crippen LogP contribution in [0.4, 0.5) is 8.87 Å². The highest BCUT2D eigenvalue weighted by Crippen LogP contribution is 2.12. The van der Waals surface area contributed by atoms with Gasteiger partial charge < -0.3 is 5.11 Å². The van der Waals surface area contributed by atoms with Crippen LogP contribution in [-0.4, -0.2) is 16.8 Å². The number of rotatable bonds is 0. The van der Waals surface area contributed by atoms with Crippen molar-refractivity contribution in [2.24, 2.45) is 0 Å². The highest BCUT2D eigenvalue weighted by molar-refractivity contribution is 5.15. The molecule has 0 bridgehead atoms. The summed E-state index contributed by atoms with van der Waals surface area (Å²) in [5, 5.41) is 8.42. The summed E-state index contributed by atoms with van der Waals surface area (Å²) >= 11 is 0. The van der Waals surface area contributed by atoms with Crippen molar-refractivity contribution in [3.63, 3.8) is 0 Å². The molecule has 0 aromatic rings. The minimum atomic E-state index is -0.602. The Morgan fingerprint density at radius 2 is 2.22 bits per heavy atom. The van der Waals surface area contributed by atoms with Crippen molar-refractivity contribution in [1.82, 2.24) is 5.12 Å². The van der Waals surface area contributed by atoms with Crippen molar-refractivity contribution in [3.05, 3.63) is 23.9 Å². The fraction of sp³-hybridized carbons (Fsp3) is 0.200. The molecule has 1 heterocycles. The highest BCUT2D eigenvalue weighted by Gasteiger charge is 2.12. The lowest BCUT2D eigenvalue weighted by molar-refractivity contribution is 0.0145. The lowest BCUT2D eigenvalue weighted by atomic mass is 10.3. The van der Waals surface area contributed by atoms with E-state index >= 15 is 0 Å². The molecule has 0 fully saturated rings. The van der Waals surface area contributed by atoms with E-state index in [0.717, 1.165) is 12.2 Å². The fourth-order valence-electron chi connectivity index (χ4n) is 0.512. The average molecular weight is 133 g/mol. The summed E-state index contributed by atoms with van der Waals surface area (Å²) in [5.74, 6) is -1.16. The van der Waals surface area contributed by atoms with Crippen LogP contribution >= 0.6 is 0 Å². The minimum absolute atomic E-state index is 0.0741. The fourth-order valence-corrected chi connectivity index (χ4v) is 0.512. The molecule has 1 N–H and O–H groups in total. The Morgan fingerprint density at radius 3 is 2.67 bits per heavy atom. The van der Waals surface area contributed by atoms with E-state index in [1.165, 1.54) is 0 Å². The van der Waals surface area contributed by atoms with E-state index in [1.807, 2.05) is 0 Å². The van der Waals surface area contributed by atoms with Gasteiger partial charge in [0.2, 0.25) is 5.88 Å². The van der Waals surface area contributed by atoms with Gasteiger partial charge >= 0.3 is 0 Å². The van der Waals surface area contributed by atoms with Gasteiger partial charge in [-0.15, -0.1) is 0 Å². The Hall–Kier alpha value is -1.06. The minimum Gasteiger partial charge on any atom is -0.493 e. The molecule has 0 amide bonds. The molecular weight excluding hydrogens is 128 g/mol. The third-order valence-electron chi connectivity index (χ3n) is 0.952. The maximum atomic E-state index is 12.1. The van der Waals surface area contributed by atoms with Crippen LogP contribution in [0.2, 0.25) is 0 Å². The molecule has 0 unspecified atom stereocenters. The second kappa shape index (κ2) is 2.05. The standard InChI is InChI=1S/C5H5F2NO/c6-4-1-2-5(9)8(7)3-4/h1-2,9H,3H2. The third-order valence-corrected chi connectivity index (χ3v) is 0.952. The van der Waals surface area contributed by atoms with Gasteiger partial charge in [0.15, 0.2) is 0 Å². The van der Waals surface area contributed by atoms with Crippen LogP contribution in [0.5, 0.6) is 0 Å². The zero-order chi connectivity index (χ0) is 6.85. The number of nitrogens with zero attached hydrogens (tertiary/aromatic N) is 1. The van der Waals surface area contributed by atoms with Gasteiger partial charge in [0.1, 0.15) is 12.4 Å². The quantitative estimate of drug-likeness (QED) is 0.505. The number of hydrogen-bond acceptors (Lipinski definition) is 2. The van der Waals surface area contributed by atoms with Crippen molar-refractivity contribution >= 4 is 0 Å². The molecule has 1 rings (SSSR count). The summed E-state index contributed by atoms with van der Waals surface area (Å²) in [7, 11) is 0. The van der Waals surface area contributed by atoms with Crippen LogP contribution in [0.15, 0.2) is 23.9 Å². The zero-order valence-electron chi connectivity index (χ0n) is 4.51. The molecule has 2 nitrogen and oxygen atoms in total. The number of aliphatic hydroxyl groups is 1. The Morgan fingerprint density at radius 1 is 1.56 bits per heavy atom. The van der Waals surface area contributed by atoms with E-state index in [0.29, 0.717) is 0 Å². The second-order valence-electron chi connectivity index (χ2n) is 1.66. The van der Waals surface area contributed by atoms with Gasteiger partial charge in [-0.1, -0.05) is 4.48 Å². The average Bonchev–Trinajstić information content (AvgIpc) is 1.80. The summed E-state index contributed by atoms with van der Waals surface area (Å²) in [5.41, 5.74) is 0. The molecule has 0 atom stereocenters. The predicted octanol–water partition coefficient (Wildman–Crippen LogP) is 1.44. The van der Waals surface area contributed by atoms with Crippen LogP contribution < -0.4 is 0 Å². The van der Waals surface area contributed by atoms with Gasteiger partial charge in [-0.25, -0.2) is 4.39 Å².